The monoisotopic (exact) mass is 152 g/mol. The van der Waals surface area contributed by atoms with E-state index in [0.717, 1.165) is 12.3 Å². The quantitative estimate of drug-likeness (QED) is 0.564. The lowest BCUT2D eigenvalue weighted by atomic mass is 10.5. The Morgan fingerprint density at radius 2 is 2.22 bits per heavy atom. The number of hydrogen-bond acceptors (Lipinski definition) is 1. The summed E-state index contributed by atoms with van der Waals surface area (Å²) in [6, 6.07) is 2.47. The second-order valence-electron chi connectivity index (χ2n) is 1.48. The zero-order valence-corrected chi connectivity index (χ0v) is 5.03. The molecule has 50 valence electrons. The predicted octanol–water partition coefficient (Wildman–Crippen LogP) is 2.57. The summed E-state index contributed by atoms with van der Waals surface area (Å²) in [6.45, 7) is 0. The molecule has 9 heavy (non-hydrogen) atoms. The molecule has 0 aliphatic carbocycles. The van der Waals surface area contributed by atoms with E-state index >= 15 is 0 Å². The second-order valence-corrected chi connectivity index (χ2v) is 1.95. The fourth-order valence-electron chi connectivity index (χ4n) is 0.440. The van der Waals surface area contributed by atoms with Gasteiger partial charge in [-0.25, -0.2) is 0 Å². The molecule has 0 spiro atoms. The smallest absolute Gasteiger partial charge is 0.379 e. The van der Waals surface area contributed by atoms with Crippen LogP contribution in [0.4, 0.5) is 8.78 Å². The third-order valence-corrected chi connectivity index (χ3v) is 0.987. The van der Waals surface area contributed by atoms with E-state index < -0.39 is 11.1 Å². The summed E-state index contributed by atoms with van der Waals surface area (Å²) in [6.07, 6.45) is 1.14. The molecule has 0 atom stereocenters. The zero-order valence-electron chi connectivity index (χ0n) is 4.27. The van der Waals surface area contributed by atoms with Crippen molar-refractivity contribution in [3.63, 3.8) is 0 Å². The number of alkyl halides is 3. The lowest BCUT2D eigenvalue weighted by molar-refractivity contribution is 0.0684. The van der Waals surface area contributed by atoms with Crippen LogP contribution in [0.2, 0.25) is 0 Å². The Labute approximate surface area is 55.2 Å². The van der Waals surface area contributed by atoms with Crippen LogP contribution in [0, 0.1) is 0 Å². The standard InChI is InChI=1S/C5H3ClF2O/c6-5(7,8)4-2-1-3-9-4/h1-3H. The van der Waals surface area contributed by atoms with E-state index in [-0.39, 0.29) is 0 Å². The first-order valence-electron chi connectivity index (χ1n) is 2.21. The van der Waals surface area contributed by atoms with Gasteiger partial charge in [-0.05, 0) is 23.7 Å². The van der Waals surface area contributed by atoms with Crippen molar-refractivity contribution in [2.45, 2.75) is 5.38 Å². The number of halogens is 3. The van der Waals surface area contributed by atoms with Crippen LogP contribution in [0.5, 0.6) is 0 Å². The molecular formula is C5H3ClF2O. The van der Waals surface area contributed by atoms with Gasteiger partial charge in [0.05, 0.1) is 6.26 Å². The van der Waals surface area contributed by atoms with Crippen molar-refractivity contribution in [1.82, 2.24) is 0 Å². The summed E-state index contributed by atoms with van der Waals surface area (Å²) in [5.41, 5.74) is 0. The molecule has 1 nitrogen and oxygen atoms in total. The summed E-state index contributed by atoms with van der Waals surface area (Å²) >= 11 is 4.57. The van der Waals surface area contributed by atoms with E-state index in [4.69, 9.17) is 0 Å². The Hall–Kier alpha value is -0.570. The summed E-state index contributed by atoms with van der Waals surface area (Å²) in [7, 11) is 0. The topological polar surface area (TPSA) is 13.1 Å². The van der Waals surface area contributed by atoms with Crippen LogP contribution in [0.15, 0.2) is 22.8 Å². The number of rotatable bonds is 1. The van der Waals surface area contributed by atoms with Crippen LogP contribution >= 0.6 is 11.6 Å². The van der Waals surface area contributed by atoms with E-state index in [1.54, 1.807) is 0 Å². The predicted molar refractivity (Wildman–Crippen MR) is 28.5 cm³/mol. The fourth-order valence-corrected chi connectivity index (χ4v) is 0.547. The minimum Gasteiger partial charge on any atom is -0.462 e. The van der Waals surface area contributed by atoms with Gasteiger partial charge >= 0.3 is 5.38 Å². The van der Waals surface area contributed by atoms with Crippen LogP contribution in [0.25, 0.3) is 0 Å². The Bertz CT molecular complexity index is 177. The van der Waals surface area contributed by atoms with Gasteiger partial charge in [0.1, 0.15) is 0 Å². The number of hydrogen-bond donors (Lipinski definition) is 0. The highest BCUT2D eigenvalue weighted by Gasteiger charge is 2.30. The molecule has 0 saturated carbocycles. The van der Waals surface area contributed by atoms with E-state index in [0.29, 0.717) is 0 Å². The zero-order chi connectivity index (χ0) is 6.91. The summed E-state index contributed by atoms with van der Waals surface area (Å²) in [4.78, 5) is 0. The van der Waals surface area contributed by atoms with Gasteiger partial charge < -0.3 is 4.42 Å². The molecule has 0 bridgehead atoms. The highest BCUT2D eigenvalue weighted by molar-refractivity contribution is 6.21. The third-order valence-electron chi connectivity index (χ3n) is 0.801. The maximum absolute atomic E-state index is 12.0. The molecule has 0 saturated heterocycles. The molecule has 0 radical (unpaired) electrons. The molecule has 0 fully saturated rings. The first-order chi connectivity index (χ1) is 4.11. The average Bonchev–Trinajstić information content (AvgIpc) is 2.08. The van der Waals surface area contributed by atoms with Gasteiger partial charge in [-0.2, -0.15) is 8.78 Å². The van der Waals surface area contributed by atoms with Gasteiger partial charge in [-0.15, -0.1) is 0 Å². The van der Waals surface area contributed by atoms with Crippen molar-refractivity contribution in [3.8, 4) is 0 Å². The van der Waals surface area contributed by atoms with Crippen LogP contribution in [0.1, 0.15) is 5.76 Å². The summed E-state index contributed by atoms with van der Waals surface area (Å²) in [5, 5.41) is -3.37. The molecule has 0 unspecified atom stereocenters. The SMILES string of the molecule is FC(F)(Cl)c1ccco1. The Morgan fingerprint density at radius 3 is 2.44 bits per heavy atom. The van der Waals surface area contributed by atoms with E-state index in [1.165, 1.54) is 6.07 Å². The first-order valence-corrected chi connectivity index (χ1v) is 2.59. The van der Waals surface area contributed by atoms with Crippen molar-refractivity contribution < 1.29 is 13.2 Å². The summed E-state index contributed by atoms with van der Waals surface area (Å²) < 4.78 is 28.2. The minimum absolute atomic E-state index is 0.524. The van der Waals surface area contributed by atoms with Crippen LogP contribution in [-0.2, 0) is 5.38 Å². The first kappa shape index (κ1) is 6.55. The van der Waals surface area contributed by atoms with Gasteiger partial charge in [0.15, 0.2) is 5.76 Å². The van der Waals surface area contributed by atoms with Gasteiger partial charge in [-0.3, -0.25) is 0 Å². The molecule has 0 N–H and O–H groups in total. The lowest BCUT2D eigenvalue weighted by Crippen LogP contribution is -1.99. The van der Waals surface area contributed by atoms with Crippen LogP contribution in [-0.4, -0.2) is 0 Å². The van der Waals surface area contributed by atoms with Crippen molar-refractivity contribution in [2.24, 2.45) is 0 Å². The Morgan fingerprint density at radius 1 is 1.56 bits per heavy atom. The molecular weight excluding hydrogens is 150 g/mol. The maximum atomic E-state index is 12.0. The normalized spacial score (nSPS) is 11.9. The molecule has 1 aromatic heterocycles. The van der Waals surface area contributed by atoms with Crippen LogP contribution in [0.3, 0.4) is 0 Å². The highest BCUT2D eigenvalue weighted by Crippen LogP contribution is 2.31. The van der Waals surface area contributed by atoms with E-state index in [9.17, 15) is 8.78 Å². The Balaban J connectivity index is 2.90. The Kier molecular flexibility index (Phi) is 1.45. The molecule has 1 rings (SSSR count). The lowest BCUT2D eigenvalue weighted by Gasteiger charge is -2.00. The minimum atomic E-state index is -3.37. The molecule has 1 aromatic rings. The molecule has 0 aliphatic rings. The van der Waals surface area contributed by atoms with Crippen LogP contribution < -0.4 is 0 Å². The molecule has 0 aliphatic heterocycles. The summed E-state index contributed by atoms with van der Waals surface area (Å²) in [5.74, 6) is -0.524. The second kappa shape index (κ2) is 1.99. The van der Waals surface area contributed by atoms with Gasteiger partial charge in [0.2, 0.25) is 0 Å². The largest absolute Gasteiger partial charge is 0.462 e. The van der Waals surface area contributed by atoms with Crippen molar-refractivity contribution >= 4 is 11.6 Å². The van der Waals surface area contributed by atoms with Crippen molar-refractivity contribution in [3.05, 3.63) is 24.2 Å². The van der Waals surface area contributed by atoms with Gasteiger partial charge in [0.25, 0.3) is 0 Å². The highest BCUT2D eigenvalue weighted by atomic mass is 35.5. The maximum Gasteiger partial charge on any atom is 0.379 e. The van der Waals surface area contributed by atoms with E-state index in [1.807, 2.05) is 0 Å². The molecule has 1 heterocycles. The molecule has 0 aromatic carbocycles. The molecule has 0 amide bonds. The fraction of sp³-hybridized carbons (Fsp3) is 0.200. The third kappa shape index (κ3) is 1.42. The average molecular weight is 153 g/mol. The van der Waals surface area contributed by atoms with Crippen molar-refractivity contribution in [1.29, 1.82) is 0 Å². The van der Waals surface area contributed by atoms with E-state index in [2.05, 4.69) is 16.0 Å². The van der Waals surface area contributed by atoms with Gasteiger partial charge in [-0.1, -0.05) is 0 Å². The molecule has 4 heteroatoms. The number of furan rings is 1. The van der Waals surface area contributed by atoms with Crippen molar-refractivity contribution in [2.75, 3.05) is 0 Å². The van der Waals surface area contributed by atoms with Gasteiger partial charge in [0, 0.05) is 0 Å².